The average molecular weight is 197 g/mol. The molecule has 0 saturated carbocycles. The summed E-state index contributed by atoms with van der Waals surface area (Å²) in [6.07, 6.45) is -0.703. The van der Waals surface area contributed by atoms with Crippen molar-refractivity contribution in [3.05, 3.63) is 0 Å². The molecule has 1 rings (SSSR count). The number of rotatable bonds is 1. The Hall–Kier alpha value is -0.480. The third-order valence-corrected chi connectivity index (χ3v) is 1.70. The van der Waals surface area contributed by atoms with E-state index in [0.29, 0.717) is 0 Å². The Bertz CT molecular complexity index is 195. The Morgan fingerprint density at radius 3 is 1.82 bits per heavy atom. The monoisotopic (exact) mass is 196 g/mol. The van der Waals surface area contributed by atoms with Gasteiger partial charge in [-0.1, -0.05) is 23.2 Å². The van der Waals surface area contributed by atoms with Crippen LogP contribution in [0.2, 0.25) is 0 Å². The summed E-state index contributed by atoms with van der Waals surface area (Å²) in [7, 11) is 0. The molecule has 0 spiro atoms. The van der Waals surface area contributed by atoms with Crippen LogP contribution in [-0.4, -0.2) is 22.3 Å². The Labute approximate surface area is 73.2 Å². The van der Waals surface area contributed by atoms with Crippen molar-refractivity contribution in [1.82, 2.24) is 10.6 Å². The van der Waals surface area contributed by atoms with Crippen molar-refractivity contribution in [1.29, 1.82) is 0 Å². The predicted molar refractivity (Wildman–Crippen MR) is 40.2 cm³/mol. The molecule has 6 heteroatoms. The van der Waals surface area contributed by atoms with Gasteiger partial charge in [-0.15, -0.1) is 0 Å². The molecule has 1 aliphatic rings. The minimum absolute atomic E-state index is 0.703. The van der Waals surface area contributed by atoms with Gasteiger partial charge in [0.1, 0.15) is 6.17 Å². The topological polar surface area (TPSA) is 58.2 Å². The lowest BCUT2D eigenvalue weighted by Crippen LogP contribution is -2.45. The summed E-state index contributed by atoms with van der Waals surface area (Å²) in [5, 5.41) is 4.56. The van der Waals surface area contributed by atoms with Gasteiger partial charge in [-0.2, -0.15) is 0 Å². The molecule has 0 atom stereocenters. The van der Waals surface area contributed by atoms with Gasteiger partial charge in [-0.25, -0.2) is 0 Å². The van der Waals surface area contributed by atoms with E-state index in [4.69, 9.17) is 23.2 Å². The Morgan fingerprint density at radius 1 is 1.27 bits per heavy atom. The van der Waals surface area contributed by atoms with E-state index in [1.54, 1.807) is 0 Å². The number of carbonyl (C=O) groups is 2. The fourth-order valence-corrected chi connectivity index (χ4v) is 0.901. The molecule has 62 valence electrons. The molecular weight excluding hydrogens is 191 g/mol. The number of hydrogen-bond donors (Lipinski definition) is 2. The second-order valence-electron chi connectivity index (χ2n) is 2.34. The fraction of sp³-hybridized carbons (Fsp3) is 0.600. The summed E-state index contributed by atoms with van der Waals surface area (Å²) >= 11 is 11.2. The predicted octanol–water partition coefficient (Wildman–Crippen LogP) is -0.248. The molecule has 11 heavy (non-hydrogen) atoms. The summed E-state index contributed by atoms with van der Waals surface area (Å²) in [6.45, 7) is 1.48. The van der Waals surface area contributed by atoms with Crippen LogP contribution in [-0.2, 0) is 9.59 Å². The number of alkyl halides is 2. The van der Waals surface area contributed by atoms with Crippen LogP contribution in [0, 0.1) is 0 Å². The second kappa shape index (κ2) is 2.53. The van der Waals surface area contributed by atoms with Gasteiger partial charge in [0.15, 0.2) is 4.33 Å². The molecule has 1 fully saturated rings. The maximum Gasteiger partial charge on any atom is 0.311 e. The van der Waals surface area contributed by atoms with Crippen molar-refractivity contribution in [2.45, 2.75) is 17.4 Å². The van der Waals surface area contributed by atoms with Crippen LogP contribution in [0.3, 0.4) is 0 Å². The normalized spacial score (nSPS) is 19.9. The van der Waals surface area contributed by atoms with Gasteiger partial charge in [0.2, 0.25) is 0 Å². The molecule has 2 amide bonds. The average Bonchev–Trinajstić information content (AvgIpc) is 2.11. The van der Waals surface area contributed by atoms with Gasteiger partial charge in [0.05, 0.1) is 0 Å². The van der Waals surface area contributed by atoms with Gasteiger partial charge >= 0.3 is 11.8 Å². The van der Waals surface area contributed by atoms with E-state index in [-0.39, 0.29) is 0 Å². The van der Waals surface area contributed by atoms with Crippen LogP contribution >= 0.6 is 23.2 Å². The molecular formula is C5H6Cl2N2O2. The number of halogens is 2. The minimum Gasteiger partial charge on any atom is -0.325 e. The van der Waals surface area contributed by atoms with Crippen LogP contribution in [0.4, 0.5) is 0 Å². The zero-order chi connectivity index (χ0) is 8.65. The summed E-state index contributed by atoms with van der Waals surface area (Å²) in [5.74, 6) is -1.41. The van der Waals surface area contributed by atoms with E-state index in [2.05, 4.69) is 10.6 Å². The van der Waals surface area contributed by atoms with Crippen LogP contribution < -0.4 is 10.6 Å². The third kappa shape index (κ3) is 1.75. The first-order valence-corrected chi connectivity index (χ1v) is 3.66. The Morgan fingerprint density at radius 2 is 1.64 bits per heavy atom. The molecule has 0 bridgehead atoms. The Balaban J connectivity index is 2.68. The first-order valence-electron chi connectivity index (χ1n) is 2.90. The van der Waals surface area contributed by atoms with Gasteiger partial charge in [0, 0.05) is 0 Å². The SMILES string of the molecule is CC(Cl)(Cl)C1NC(=O)C(=O)N1. The van der Waals surface area contributed by atoms with Crippen molar-refractivity contribution >= 4 is 35.0 Å². The summed E-state index contributed by atoms with van der Waals surface area (Å²) in [5.41, 5.74) is 0. The van der Waals surface area contributed by atoms with Crippen LogP contribution in [0.5, 0.6) is 0 Å². The van der Waals surface area contributed by atoms with Crippen molar-refractivity contribution in [3.8, 4) is 0 Å². The lowest BCUT2D eigenvalue weighted by Gasteiger charge is -2.20. The van der Waals surface area contributed by atoms with E-state index >= 15 is 0 Å². The largest absolute Gasteiger partial charge is 0.325 e. The molecule has 4 nitrogen and oxygen atoms in total. The van der Waals surface area contributed by atoms with Crippen molar-refractivity contribution in [2.24, 2.45) is 0 Å². The first kappa shape index (κ1) is 8.62. The highest BCUT2D eigenvalue weighted by atomic mass is 35.5. The standard InChI is InChI=1S/C5H6Cl2N2O2/c1-5(6,7)4-8-2(10)3(11)9-4/h4H,1H3,(H,8,10)(H,9,11). The summed E-state index contributed by atoms with van der Waals surface area (Å²) in [4.78, 5) is 21.2. The Kier molecular flexibility index (Phi) is 1.98. The molecule has 0 aromatic rings. The minimum atomic E-state index is -1.18. The molecule has 0 aromatic heterocycles. The summed E-state index contributed by atoms with van der Waals surface area (Å²) in [6, 6.07) is 0. The van der Waals surface area contributed by atoms with E-state index in [0.717, 1.165) is 0 Å². The highest BCUT2D eigenvalue weighted by Crippen LogP contribution is 2.24. The van der Waals surface area contributed by atoms with Crippen LogP contribution in [0.15, 0.2) is 0 Å². The van der Waals surface area contributed by atoms with Crippen LogP contribution in [0.1, 0.15) is 6.92 Å². The van der Waals surface area contributed by atoms with Crippen LogP contribution in [0.25, 0.3) is 0 Å². The second-order valence-corrected chi connectivity index (χ2v) is 4.10. The van der Waals surface area contributed by atoms with E-state index < -0.39 is 22.3 Å². The summed E-state index contributed by atoms with van der Waals surface area (Å²) < 4.78 is -1.18. The lowest BCUT2D eigenvalue weighted by atomic mass is 10.4. The molecule has 0 unspecified atom stereocenters. The van der Waals surface area contributed by atoms with Gasteiger partial charge in [0.25, 0.3) is 0 Å². The van der Waals surface area contributed by atoms with Gasteiger partial charge in [-0.05, 0) is 6.92 Å². The van der Waals surface area contributed by atoms with E-state index in [1.165, 1.54) is 6.92 Å². The van der Waals surface area contributed by atoms with Crippen molar-refractivity contribution in [2.75, 3.05) is 0 Å². The molecule has 0 aliphatic carbocycles. The third-order valence-electron chi connectivity index (χ3n) is 1.26. The smallest absolute Gasteiger partial charge is 0.311 e. The lowest BCUT2D eigenvalue weighted by molar-refractivity contribution is -0.135. The molecule has 1 heterocycles. The van der Waals surface area contributed by atoms with E-state index in [1.807, 2.05) is 0 Å². The molecule has 0 radical (unpaired) electrons. The maximum absolute atomic E-state index is 10.6. The highest BCUT2D eigenvalue weighted by molar-refractivity contribution is 6.49. The van der Waals surface area contributed by atoms with Crippen molar-refractivity contribution in [3.63, 3.8) is 0 Å². The molecule has 2 N–H and O–H groups in total. The van der Waals surface area contributed by atoms with Gasteiger partial charge < -0.3 is 10.6 Å². The molecule has 1 aliphatic heterocycles. The zero-order valence-corrected chi connectivity index (χ0v) is 7.16. The molecule has 1 saturated heterocycles. The number of amides is 2. The first-order chi connectivity index (χ1) is 4.91. The zero-order valence-electron chi connectivity index (χ0n) is 5.65. The van der Waals surface area contributed by atoms with Gasteiger partial charge in [-0.3, -0.25) is 9.59 Å². The quantitative estimate of drug-likeness (QED) is 0.450. The molecule has 0 aromatic carbocycles. The maximum atomic E-state index is 10.6. The van der Waals surface area contributed by atoms with E-state index in [9.17, 15) is 9.59 Å². The number of hydrogen-bond acceptors (Lipinski definition) is 2. The highest BCUT2D eigenvalue weighted by Gasteiger charge is 2.39. The number of nitrogens with one attached hydrogen (secondary N) is 2. The van der Waals surface area contributed by atoms with Crippen molar-refractivity contribution < 1.29 is 9.59 Å². The fourth-order valence-electron chi connectivity index (χ4n) is 0.683. The number of carbonyl (C=O) groups excluding carboxylic acids is 2.